The van der Waals surface area contributed by atoms with Crippen LogP contribution >= 0.6 is 11.3 Å². The van der Waals surface area contributed by atoms with Crippen molar-refractivity contribution < 1.29 is 14.7 Å². The summed E-state index contributed by atoms with van der Waals surface area (Å²) in [5.41, 5.74) is 6.67. The number of carboxylic acid groups (broad SMARTS) is 1. The molecule has 7 heteroatoms. The van der Waals surface area contributed by atoms with Crippen molar-refractivity contribution in [2.75, 3.05) is 5.32 Å². The third-order valence-corrected chi connectivity index (χ3v) is 3.38. The second-order valence-corrected chi connectivity index (χ2v) is 4.86. The molecule has 1 heterocycles. The highest BCUT2D eigenvalue weighted by atomic mass is 32.1. The van der Waals surface area contributed by atoms with Crippen LogP contribution in [0.3, 0.4) is 0 Å². The maximum absolute atomic E-state index is 11.1. The molecule has 1 aromatic carbocycles. The molecule has 98 valence electrons. The number of rotatable bonds is 3. The minimum Gasteiger partial charge on any atom is -0.476 e. The molecule has 0 radical (unpaired) electrons. The van der Waals surface area contributed by atoms with Crippen molar-refractivity contribution in [1.29, 1.82) is 0 Å². The molecular weight excluding hydrogens is 266 g/mol. The van der Waals surface area contributed by atoms with Crippen LogP contribution in [0.5, 0.6) is 0 Å². The molecular formula is C12H11N3O3S. The lowest BCUT2D eigenvalue weighted by atomic mass is 10.2. The summed E-state index contributed by atoms with van der Waals surface area (Å²) in [6.07, 6.45) is 0. The zero-order chi connectivity index (χ0) is 14.0. The van der Waals surface area contributed by atoms with Crippen LogP contribution in [0.4, 0.5) is 9.80 Å². The Hall–Kier alpha value is -2.41. The SMILES string of the molecule is Cc1ccc(-c2nc(C(=O)O)c(NC(N)=O)s2)cc1. The van der Waals surface area contributed by atoms with E-state index in [4.69, 9.17) is 10.8 Å². The van der Waals surface area contributed by atoms with E-state index in [0.29, 0.717) is 5.01 Å². The number of aryl methyl sites for hydroxylation is 1. The summed E-state index contributed by atoms with van der Waals surface area (Å²) < 4.78 is 0. The van der Waals surface area contributed by atoms with E-state index in [-0.39, 0.29) is 10.7 Å². The largest absolute Gasteiger partial charge is 0.476 e. The minimum absolute atomic E-state index is 0.135. The van der Waals surface area contributed by atoms with Gasteiger partial charge in [0.1, 0.15) is 10.0 Å². The van der Waals surface area contributed by atoms with Gasteiger partial charge < -0.3 is 10.8 Å². The predicted octanol–water partition coefficient (Wildman–Crippen LogP) is 2.31. The quantitative estimate of drug-likeness (QED) is 0.800. The summed E-state index contributed by atoms with van der Waals surface area (Å²) >= 11 is 1.07. The standard InChI is InChI=1S/C12H11N3O3S/c1-6-2-4-7(5-3-6)9-14-8(11(16)17)10(19-9)15-12(13)18/h2-5H,1H3,(H,16,17)(H3,13,15,18). The number of hydrogen-bond donors (Lipinski definition) is 3. The maximum atomic E-state index is 11.1. The zero-order valence-corrected chi connectivity index (χ0v) is 10.8. The van der Waals surface area contributed by atoms with Crippen LogP contribution < -0.4 is 11.1 Å². The summed E-state index contributed by atoms with van der Waals surface area (Å²) in [5.74, 6) is -1.21. The number of primary amides is 1. The third-order valence-electron chi connectivity index (χ3n) is 2.36. The highest BCUT2D eigenvalue weighted by molar-refractivity contribution is 7.19. The van der Waals surface area contributed by atoms with Crippen molar-refractivity contribution >= 4 is 28.3 Å². The van der Waals surface area contributed by atoms with Gasteiger partial charge >= 0.3 is 12.0 Å². The van der Waals surface area contributed by atoms with Gasteiger partial charge in [0.2, 0.25) is 0 Å². The molecule has 0 saturated carbocycles. The molecule has 0 saturated heterocycles. The van der Waals surface area contributed by atoms with E-state index in [1.165, 1.54) is 0 Å². The van der Waals surface area contributed by atoms with Gasteiger partial charge in [-0.25, -0.2) is 14.6 Å². The Morgan fingerprint density at radius 2 is 1.95 bits per heavy atom. The van der Waals surface area contributed by atoms with Gasteiger partial charge in [-0.3, -0.25) is 5.32 Å². The smallest absolute Gasteiger partial charge is 0.357 e. The van der Waals surface area contributed by atoms with Crippen molar-refractivity contribution in [1.82, 2.24) is 4.98 Å². The molecule has 0 aliphatic carbocycles. The highest BCUT2D eigenvalue weighted by Gasteiger charge is 2.19. The molecule has 0 aliphatic rings. The third kappa shape index (κ3) is 2.89. The van der Waals surface area contributed by atoms with Gasteiger partial charge in [-0.2, -0.15) is 0 Å². The summed E-state index contributed by atoms with van der Waals surface area (Å²) in [4.78, 5) is 25.9. The number of carboxylic acids is 1. The van der Waals surface area contributed by atoms with Gasteiger partial charge in [0.15, 0.2) is 5.69 Å². The molecule has 4 N–H and O–H groups in total. The van der Waals surface area contributed by atoms with E-state index < -0.39 is 12.0 Å². The highest BCUT2D eigenvalue weighted by Crippen LogP contribution is 2.32. The molecule has 1 aromatic heterocycles. The molecule has 6 nitrogen and oxygen atoms in total. The number of hydrogen-bond acceptors (Lipinski definition) is 4. The van der Waals surface area contributed by atoms with Crippen molar-refractivity contribution in [3.05, 3.63) is 35.5 Å². The van der Waals surface area contributed by atoms with Crippen LogP contribution in [0.25, 0.3) is 10.6 Å². The van der Waals surface area contributed by atoms with Gasteiger partial charge in [-0.15, -0.1) is 0 Å². The average Bonchev–Trinajstić information content (AvgIpc) is 2.73. The fourth-order valence-electron chi connectivity index (χ4n) is 1.48. The van der Waals surface area contributed by atoms with E-state index >= 15 is 0 Å². The van der Waals surface area contributed by atoms with E-state index in [2.05, 4.69) is 10.3 Å². The summed E-state index contributed by atoms with van der Waals surface area (Å²) in [6.45, 7) is 1.95. The zero-order valence-electron chi connectivity index (χ0n) is 10.0. The summed E-state index contributed by atoms with van der Waals surface area (Å²) in [5, 5.41) is 12.0. The molecule has 2 aromatic rings. The van der Waals surface area contributed by atoms with E-state index in [1.807, 2.05) is 31.2 Å². The van der Waals surface area contributed by atoms with Gasteiger partial charge in [0.05, 0.1) is 0 Å². The second-order valence-electron chi connectivity index (χ2n) is 3.86. The number of aromatic carboxylic acids is 1. The predicted molar refractivity (Wildman–Crippen MR) is 72.5 cm³/mol. The first-order valence-electron chi connectivity index (χ1n) is 5.35. The molecule has 0 atom stereocenters. The molecule has 0 fully saturated rings. The summed E-state index contributed by atoms with van der Waals surface area (Å²) in [6, 6.07) is 6.67. The average molecular weight is 277 g/mol. The number of anilines is 1. The van der Waals surface area contributed by atoms with E-state index in [1.54, 1.807) is 0 Å². The molecule has 0 unspecified atom stereocenters. The van der Waals surface area contributed by atoms with Gasteiger partial charge in [-0.1, -0.05) is 41.2 Å². The Labute approximate surface area is 112 Å². The first-order chi connectivity index (χ1) is 8.97. The van der Waals surface area contributed by atoms with Crippen LogP contribution in [0.15, 0.2) is 24.3 Å². The van der Waals surface area contributed by atoms with Crippen LogP contribution in [-0.4, -0.2) is 22.1 Å². The number of carbonyl (C=O) groups is 2. The topological polar surface area (TPSA) is 105 Å². The number of urea groups is 1. The van der Waals surface area contributed by atoms with Gasteiger partial charge in [0.25, 0.3) is 0 Å². The van der Waals surface area contributed by atoms with E-state index in [0.717, 1.165) is 22.5 Å². The lowest BCUT2D eigenvalue weighted by Crippen LogP contribution is -2.20. The van der Waals surface area contributed by atoms with Crippen molar-refractivity contribution in [3.63, 3.8) is 0 Å². The first kappa shape index (κ1) is 13.0. The normalized spacial score (nSPS) is 10.2. The number of nitrogens with zero attached hydrogens (tertiary/aromatic N) is 1. The number of benzene rings is 1. The Morgan fingerprint density at radius 1 is 1.32 bits per heavy atom. The van der Waals surface area contributed by atoms with Crippen LogP contribution in [0.2, 0.25) is 0 Å². The molecule has 0 bridgehead atoms. The fourth-order valence-corrected chi connectivity index (χ4v) is 2.45. The maximum Gasteiger partial charge on any atom is 0.357 e. The Morgan fingerprint density at radius 3 is 2.47 bits per heavy atom. The van der Waals surface area contributed by atoms with Crippen LogP contribution in [0.1, 0.15) is 16.1 Å². The number of nitrogens with two attached hydrogens (primary N) is 1. The Bertz CT molecular complexity index is 634. The molecule has 0 spiro atoms. The molecule has 2 rings (SSSR count). The summed E-state index contributed by atoms with van der Waals surface area (Å²) in [7, 11) is 0. The minimum atomic E-state index is -1.21. The van der Waals surface area contributed by atoms with Gasteiger partial charge in [0, 0.05) is 5.56 Å². The van der Waals surface area contributed by atoms with Crippen LogP contribution in [0, 0.1) is 6.92 Å². The lowest BCUT2D eigenvalue weighted by molar-refractivity contribution is 0.0692. The lowest BCUT2D eigenvalue weighted by Gasteiger charge is -1.97. The second kappa shape index (κ2) is 5.07. The molecule has 19 heavy (non-hydrogen) atoms. The Kier molecular flexibility index (Phi) is 3.48. The fraction of sp³-hybridized carbons (Fsp3) is 0.0833. The van der Waals surface area contributed by atoms with Crippen molar-refractivity contribution in [2.24, 2.45) is 5.73 Å². The Balaban J connectivity index is 2.45. The van der Waals surface area contributed by atoms with Gasteiger partial charge in [-0.05, 0) is 6.92 Å². The number of carbonyl (C=O) groups excluding carboxylic acids is 1. The number of aromatic nitrogens is 1. The van der Waals surface area contributed by atoms with Crippen molar-refractivity contribution in [3.8, 4) is 10.6 Å². The molecule has 2 amide bonds. The van der Waals surface area contributed by atoms with E-state index in [9.17, 15) is 9.59 Å². The number of nitrogens with one attached hydrogen (secondary N) is 1. The van der Waals surface area contributed by atoms with Crippen LogP contribution in [-0.2, 0) is 0 Å². The number of thiazole rings is 1. The number of amides is 2. The van der Waals surface area contributed by atoms with Crippen molar-refractivity contribution in [2.45, 2.75) is 6.92 Å². The molecule has 0 aliphatic heterocycles. The monoisotopic (exact) mass is 277 g/mol. The first-order valence-corrected chi connectivity index (χ1v) is 6.16.